The number of hydrogen-bond acceptors (Lipinski definition) is 2. The molecular weight excluding hydrogens is 210 g/mol. The van der Waals surface area contributed by atoms with Crippen LogP contribution in [0.25, 0.3) is 0 Å². The summed E-state index contributed by atoms with van der Waals surface area (Å²) in [6.45, 7) is 13.2. The van der Waals surface area contributed by atoms with Gasteiger partial charge >= 0.3 is 0 Å². The van der Waals surface area contributed by atoms with Gasteiger partial charge in [0.2, 0.25) is 0 Å². The molecule has 0 radical (unpaired) electrons. The Morgan fingerprint density at radius 2 is 2.12 bits per heavy atom. The van der Waals surface area contributed by atoms with E-state index in [9.17, 15) is 0 Å². The van der Waals surface area contributed by atoms with Gasteiger partial charge in [0, 0.05) is 18.8 Å². The summed E-state index contributed by atoms with van der Waals surface area (Å²) in [7, 11) is 0. The Bertz CT molecular complexity index is 328. The number of aryl methyl sites for hydroxylation is 1. The van der Waals surface area contributed by atoms with Gasteiger partial charge in [-0.1, -0.05) is 20.8 Å². The monoisotopic (exact) mass is 237 g/mol. The maximum atomic E-state index is 4.37. The molecule has 0 bridgehead atoms. The summed E-state index contributed by atoms with van der Waals surface area (Å²) in [4.78, 5) is 0. The summed E-state index contributed by atoms with van der Waals surface area (Å²) in [5, 5.41) is 7.92. The largest absolute Gasteiger partial charge is 0.314 e. The van der Waals surface area contributed by atoms with Gasteiger partial charge in [0.25, 0.3) is 0 Å². The topological polar surface area (TPSA) is 29.9 Å². The molecule has 0 aromatic carbocycles. The van der Waals surface area contributed by atoms with Crippen LogP contribution in [0.1, 0.15) is 53.0 Å². The molecule has 0 fully saturated rings. The number of nitrogens with one attached hydrogen (secondary N) is 1. The lowest BCUT2D eigenvalue weighted by Gasteiger charge is -2.27. The van der Waals surface area contributed by atoms with Crippen LogP contribution in [0.15, 0.2) is 12.4 Å². The van der Waals surface area contributed by atoms with E-state index in [1.54, 1.807) is 0 Å². The van der Waals surface area contributed by atoms with Gasteiger partial charge in [0.05, 0.1) is 6.20 Å². The fraction of sp³-hybridized carbons (Fsp3) is 0.786. The number of nitrogens with zero attached hydrogens (tertiary/aromatic N) is 2. The molecule has 0 saturated heterocycles. The van der Waals surface area contributed by atoms with E-state index in [1.807, 2.05) is 10.9 Å². The highest BCUT2D eigenvalue weighted by atomic mass is 15.3. The summed E-state index contributed by atoms with van der Waals surface area (Å²) < 4.78 is 2.00. The van der Waals surface area contributed by atoms with Crippen LogP contribution in [-0.4, -0.2) is 22.4 Å². The van der Waals surface area contributed by atoms with Gasteiger partial charge in [0.1, 0.15) is 0 Å². The smallest absolute Gasteiger partial charge is 0.0527 e. The van der Waals surface area contributed by atoms with E-state index >= 15 is 0 Å². The molecule has 98 valence electrons. The Balaban J connectivity index is 2.60. The first-order chi connectivity index (χ1) is 7.99. The summed E-state index contributed by atoms with van der Waals surface area (Å²) in [6.07, 6.45) is 6.52. The van der Waals surface area contributed by atoms with Crippen LogP contribution in [0.4, 0.5) is 0 Å². The van der Waals surface area contributed by atoms with Crippen molar-refractivity contribution in [2.75, 3.05) is 6.54 Å². The third-order valence-electron chi connectivity index (χ3n) is 3.30. The van der Waals surface area contributed by atoms with E-state index in [0.29, 0.717) is 6.04 Å². The van der Waals surface area contributed by atoms with Crippen molar-refractivity contribution in [3.63, 3.8) is 0 Å². The van der Waals surface area contributed by atoms with Crippen LogP contribution in [-0.2, 0) is 12.0 Å². The van der Waals surface area contributed by atoms with E-state index in [2.05, 4.69) is 51.2 Å². The molecule has 17 heavy (non-hydrogen) atoms. The fourth-order valence-corrected chi connectivity index (χ4v) is 2.23. The fourth-order valence-electron chi connectivity index (χ4n) is 2.23. The van der Waals surface area contributed by atoms with Crippen molar-refractivity contribution in [2.45, 2.75) is 65.5 Å². The third kappa shape index (κ3) is 4.15. The predicted octanol–water partition coefficient (Wildman–Crippen LogP) is 2.96. The highest BCUT2D eigenvalue weighted by Gasteiger charge is 2.24. The first-order valence-electron chi connectivity index (χ1n) is 6.76. The van der Waals surface area contributed by atoms with Gasteiger partial charge < -0.3 is 5.32 Å². The van der Waals surface area contributed by atoms with Crippen molar-refractivity contribution in [3.8, 4) is 0 Å². The van der Waals surface area contributed by atoms with E-state index in [-0.39, 0.29) is 5.41 Å². The van der Waals surface area contributed by atoms with Gasteiger partial charge in [-0.05, 0) is 44.2 Å². The van der Waals surface area contributed by atoms with Crippen LogP contribution < -0.4 is 5.32 Å². The zero-order valence-electron chi connectivity index (χ0n) is 12.0. The minimum absolute atomic E-state index is 0.188. The van der Waals surface area contributed by atoms with Gasteiger partial charge in [-0.3, -0.25) is 4.68 Å². The Morgan fingerprint density at radius 1 is 1.41 bits per heavy atom. The third-order valence-corrected chi connectivity index (χ3v) is 3.30. The van der Waals surface area contributed by atoms with Gasteiger partial charge in [-0.15, -0.1) is 0 Å². The number of rotatable bonds is 7. The second-order valence-corrected chi connectivity index (χ2v) is 5.53. The molecule has 3 nitrogen and oxygen atoms in total. The van der Waals surface area contributed by atoms with Crippen LogP contribution >= 0.6 is 0 Å². The minimum Gasteiger partial charge on any atom is -0.314 e. The predicted molar refractivity (Wildman–Crippen MR) is 73.3 cm³/mol. The molecule has 1 aromatic heterocycles. The first kappa shape index (κ1) is 14.2. The average molecular weight is 237 g/mol. The highest BCUT2D eigenvalue weighted by molar-refractivity contribution is 5.17. The molecule has 0 spiro atoms. The molecule has 1 aromatic rings. The van der Waals surface area contributed by atoms with Crippen LogP contribution in [0.2, 0.25) is 0 Å². The molecular formula is C14H27N3. The zero-order chi connectivity index (χ0) is 12.9. The first-order valence-corrected chi connectivity index (χ1v) is 6.76. The van der Waals surface area contributed by atoms with Crippen molar-refractivity contribution in [1.29, 1.82) is 0 Å². The normalized spacial score (nSPS) is 13.9. The maximum Gasteiger partial charge on any atom is 0.0527 e. The SMILES string of the molecule is CCCNC(C)CC(C)(C)c1cnn(CC)c1. The van der Waals surface area contributed by atoms with Crippen molar-refractivity contribution >= 4 is 0 Å². The van der Waals surface area contributed by atoms with E-state index < -0.39 is 0 Å². The molecule has 0 aliphatic rings. The average Bonchev–Trinajstić information content (AvgIpc) is 2.75. The Morgan fingerprint density at radius 3 is 2.65 bits per heavy atom. The van der Waals surface area contributed by atoms with E-state index in [0.717, 1.165) is 19.5 Å². The number of hydrogen-bond donors (Lipinski definition) is 1. The summed E-state index contributed by atoms with van der Waals surface area (Å²) in [5.74, 6) is 0. The molecule has 1 atom stereocenters. The molecule has 1 unspecified atom stereocenters. The lowest BCUT2D eigenvalue weighted by molar-refractivity contribution is 0.389. The van der Waals surface area contributed by atoms with E-state index in [1.165, 1.54) is 12.0 Å². The van der Waals surface area contributed by atoms with Crippen LogP contribution in [0.3, 0.4) is 0 Å². The van der Waals surface area contributed by atoms with Crippen molar-refractivity contribution in [2.24, 2.45) is 0 Å². The molecule has 3 heteroatoms. The summed E-state index contributed by atoms with van der Waals surface area (Å²) >= 11 is 0. The van der Waals surface area contributed by atoms with Gasteiger partial charge in [0.15, 0.2) is 0 Å². The van der Waals surface area contributed by atoms with Crippen molar-refractivity contribution in [1.82, 2.24) is 15.1 Å². The van der Waals surface area contributed by atoms with E-state index in [4.69, 9.17) is 0 Å². The van der Waals surface area contributed by atoms with Gasteiger partial charge in [-0.2, -0.15) is 5.10 Å². The molecule has 1 heterocycles. The summed E-state index contributed by atoms with van der Waals surface area (Å²) in [6, 6.07) is 0.551. The second-order valence-electron chi connectivity index (χ2n) is 5.53. The van der Waals surface area contributed by atoms with Crippen LogP contribution in [0, 0.1) is 0 Å². The number of aromatic nitrogens is 2. The summed E-state index contributed by atoms with van der Waals surface area (Å²) in [5.41, 5.74) is 1.53. The lowest BCUT2D eigenvalue weighted by Crippen LogP contribution is -2.33. The second kappa shape index (κ2) is 6.20. The molecule has 0 aliphatic carbocycles. The van der Waals surface area contributed by atoms with Gasteiger partial charge in [-0.25, -0.2) is 0 Å². The Kier molecular flexibility index (Phi) is 5.19. The van der Waals surface area contributed by atoms with Crippen molar-refractivity contribution in [3.05, 3.63) is 18.0 Å². The molecule has 0 amide bonds. The molecule has 1 N–H and O–H groups in total. The molecule has 0 saturated carbocycles. The molecule has 0 aliphatic heterocycles. The molecule has 1 rings (SSSR count). The Hall–Kier alpha value is -0.830. The minimum atomic E-state index is 0.188. The van der Waals surface area contributed by atoms with Crippen LogP contribution in [0.5, 0.6) is 0 Å². The highest BCUT2D eigenvalue weighted by Crippen LogP contribution is 2.27. The maximum absolute atomic E-state index is 4.37. The quantitative estimate of drug-likeness (QED) is 0.790. The Labute approximate surface area is 106 Å². The zero-order valence-corrected chi connectivity index (χ0v) is 12.0. The standard InChI is InChI=1S/C14H27N3/c1-6-8-15-12(3)9-14(4,5)13-10-16-17(7-2)11-13/h10-12,15H,6-9H2,1-5H3. The lowest BCUT2D eigenvalue weighted by atomic mass is 9.81. The van der Waals surface area contributed by atoms with Crippen molar-refractivity contribution < 1.29 is 0 Å².